The first-order chi connectivity index (χ1) is 8.38. The molecular formula is C13H21N3O2. The van der Waals surface area contributed by atoms with Crippen LogP contribution in [0.1, 0.15) is 12.5 Å². The Kier molecular flexibility index (Phi) is 5.12. The molecule has 100 valence electrons. The fraction of sp³-hybridized carbons (Fsp3) is 0.462. The first-order valence-electron chi connectivity index (χ1n) is 5.91. The molecule has 1 aromatic rings. The summed E-state index contributed by atoms with van der Waals surface area (Å²) in [4.78, 5) is 13.6. The smallest absolute Gasteiger partial charge is 0.238 e. The van der Waals surface area contributed by atoms with Crippen molar-refractivity contribution in [2.75, 3.05) is 31.2 Å². The van der Waals surface area contributed by atoms with Gasteiger partial charge in [-0.05, 0) is 38.6 Å². The van der Waals surface area contributed by atoms with Crippen molar-refractivity contribution in [2.24, 2.45) is 0 Å². The summed E-state index contributed by atoms with van der Waals surface area (Å²) in [5.41, 5.74) is 7.99. The molecule has 0 fully saturated rings. The highest BCUT2D eigenvalue weighted by molar-refractivity contribution is 5.93. The first kappa shape index (κ1) is 14.5. The van der Waals surface area contributed by atoms with Gasteiger partial charge >= 0.3 is 0 Å². The quantitative estimate of drug-likeness (QED) is 0.677. The van der Waals surface area contributed by atoms with E-state index in [0.717, 1.165) is 11.3 Å². The Morgan fingerprint density at radius 3 is 2.83 bits per heavy atom. The van der Waals surface area contributed by atoms with Crippen LogP contribution in [0.25, 0.3) is 0 Å². The Morgan fingerprint density at radius 2 is 2.22 bits per heavy atom. The molecule has 0 saturated heterocycles. The molecular weight excluding hydrogens is 230 g/mol. The number of rotatable bonds is 5. The van der Waals surface area contributed by atoms with Crippen LogP contribution in [0, 0.1) is 6.92 Å². The van der Waals surface area contributed by atoms with Gasteiger partial charge in [0, 0.05) is 17.9 Å². The third kappa shape index (κ3) is 4.73. The van der Waals surface area contributed by atoms with Gasteiger partial charge in [-0.25, -0.2) is 0 Å². The molecule has 0 radical (unpaired) electrons. The third-order valence-electron chi connectivity index (χ3n) is 2.53. The molecule has 5 heteroatoms. The second-order valence-corrected chi connectivity index (χ2v) is 4.67. The zero-order valence-electron chi connectivity index (χ0n) is 11.1. The van der Waals surface area contributed by atoms with Crippen LogP contribution in [-0.4, -0.2) is 42.2 Å². The van der Waals surface area contributed by atoms with Crippen molar-refractivity contribution in [2.45, 2.75) is 20.0 Å². The second-order valence-electron chi connectivity index (χ2n) is 4.67. The van der Waals surface area contributed by atoms with Crippen LogP contribution < -0.4 is 11.1 Å². The Bertz CT molecular complexity index is 419. The molecule has 0 aliphatic heterocycles. The topological polar surface area (TPSA) is 78.6 Å². The summed E-state index contributed by atoms with van der Waals surface area (Å²) in [6, 6.07) is 5.40. The number of carbonyl (C=O) groups is 1. The number of hydrogen-bond donors (Lipinski definition) is 3. The zero-order chi connectivity index (χ0) is 13.7. The first-order valence-corrected chi connectivity index (χ1v) is 5.91. The molecule has 1 rings (SSSR count). The summed E-state index contributed by atoms with van der Waals surface area (Å²) in [5, 5.41) is 12.0. The number of nitrogens with one attached hydrogen (secondary N) is 1. The number of aliphatic hydroxyl groups excluding tert-OH is 1. The number of aliphatic hydroxyl groups is 1. The maximum atomic E-state index is 11.8. The molecule has 0 heterocycles. The molecule has 0 saturated carbocycles. The van der Waals surface area contributed by atoms with Gasteiger partial charge in [0.2, 0.25) is 5.91 Å². The Balaban J connectivity index is 2.56. The monoisotopic (exact) mass is 251 g/mol. The van der Waals surface area contributed by atoms with E-state index in [0.29, 0.717) is 12.2 Å². The molecule has 0 aliphatic rings. The van der Waals surface area contributed by atoms with E-state index in [9.17, 15) is 9.90 Å². The van der Waals surface area contributed by atoms with Crippen molar-refractivity contribution < 1.29 is 9.90 Å². The predicted molar refractivity (Wildman–Crippen MR) is 73.4 cm³/mol. The van der Waals surface area contributed by atoms with Crippen molar-refractivity contribution in [3.05, 3.63) is 23.8 Å². The largest absolute Gasteiger partial charge is 0.399 e. The number of hydrogen-bond acceptors (Lipinski definition) is 4. The number of nitrogens with zero attached hydrogens (tertiary/aromatic N) is 1. The Hall–Kier alpha value is -1.59. The number of nitrogens with two attached hydrogens (primary N) is 1. The van der Waals surface area contributed by atoms with Gasteiger partial charge in [-0.15, -0.1) is 0 Å². The summed E-state index contributed by atoms with van der Waals surface area (Å²) in [6.07, 6.45) is -0.447. The number of carbonyl (C=O) groups excluding carboxylic acids is 1. The molecule has 4 N–H and O–H groups in total. The van der Waals surface area contributed by atoms with E-state index < -0.39 is 6.10 Å². The molecule has 1 aromatic carbocycles. The van der Waals surface area contributed by atoms with Crippen molar-refractivity contribution in [3.63, 3.8) is 0 Å². The lowest BCUT2D eigenvalue weighted by molar-refractivity contribution is -0.117. The van der Waals surface area contributed by atoms with Gasteiger partial charge in [-0.1, -0.05) is 6.07 Å². The SMILES string of the molecule is Cc1ccc(N)cc1NC(=O)CN(C)CC(C)O. The lowest BCUT2D eigenvalue weighted by Crippen LogP contribution is -2.34. The van der Waals surface area contributed by atoms with Crippen molar-refractivity contribution in [1.82, 2.24) is 4.90 Å². The standard InChI is InChI=1S/C13H21N3O2/c1-9-4-5-11(14)6-12(9)15-13(18)8-16(3)7-10(2)17/h4-6,10,17H,7-8,14H2,1-3H3,(H,15,18). The highest BCUT2D eigenvalue weighted by Gasteiger charge is 2.10. The summed E-state index contributed by atoms with van der Waals surface area (Å²) < 4.78 is 0. The number of anilines is 2. The van der Waals surface area contributed by atoms with Crippen LogP contribution in [0.3, 0.4) is 0 Å². The molecule has 1 amide bonds. The molecule has 1 atom stereocenters. The average molecular weight is 251 g/mol. The van der Waals surface area contributed by atoms with Gasteiger partial charge in [0.05, 0.1) is 12.6 Å². The van der Waals surface area contributed by atoms with E-state index in [2.05, 4.69) is 5.32 Å². The molecule has 0 aliphatic carbocycles. The summed E-state index contributed by atoms with van der Waals surface area (Å²) in [7, 11) is 1.79. The lowest BCUT2D eigenvalue weighted by Gasteiger charge is -2.18. The molecule has 18 heavy (non-hydrogen) atoms. The summed E-state index contributed by atoms with van der Waals surface area (Å²) in [6.45, 7) is 4.30. The minimum Gasteiger partial charge on any atom is -0.399 e. The van der Waals surface area contributed by atoms with Crippen LogP contribution in [0.5, 0.6) is 0 Å². The molecule has 0 bridgehead atoms. The van der Waals surface area contributed by atoms with Crippen LogP contribution in [-0.2, 0) is 4.79 Å². The maximum absolute atomic E-state index is 11.8. The van der Waals surface area contributed by atoms with Gasteiger partial charge < -0.3 is 16.2 Å². The van der Waals surface area contributed by atoms with Crippen LogP contribution in [0.15, 0.2) is 18.2 Å². The molecule has 5 nitrogen and oxygen atoms in total. The lowest BCUT2D eigenvalue weighted by atomic mass is 10.2. The molecule has 0 aromatic heterocycles. The van der Waals surface area contributed by atoms with Crippen molar-refractivity contribution in [3.8, 4) is 0 Å². The fourth-order valence-electron chi connectivity index (χ4n) is 1.72. The number of benzene rings is 1. The molecule has 1 unspecified atom stereocenters. The van der Waals surface area contributed by atoms with E-state index in [1.165, 1.54) is 0 Å². The van der Waals surface area contributed by atoms with Crippen LogP contribution >= 0.6 is 0 Å². The van der Waals surface area contributed by atoms with Gasteiger partial charge in [0.25, 0.3) is 0 Å². The van der Waals surface area contributed by atoms with E-state index >= 15 is 0 Å². The van der Waals surface area contributed by atoms with Crippen molar-refractivity contribution >= 4 is 17.3 Å². The Labute approximate surface area is 108 Å². The van der Waals surface area contributed by atoms with E-state index in [1.54, 1.807) is 31.0 Å². The van der Waals surface area contributed by atoms with Crippen LogP contribution in [0.2, 0.25) is 0 Å². The minimum absolute atomic E-state index is 0.119. The van der Waals surface area contributed by atoms with Crippen molar-refractivity contribution in [1.29, 1.82) is 0 Å². The summed E-state index contributed by atoms with van der Waals surface area (Å²) in [5.74, 6) is -0.119. The number of likely N-dealkylation sites (N-methyl/N-ethyl adjacent to an activating group) is 1. The third-order valence-corrected chi connectivity index (χ3v) is 2.53. The minimum atomic E-state index is -0.447. The van der Waals surface area contributed by atoms with E-state index in [4.69, 9.17) is 5.73 Å². The highest BCUT2D eigenvalue weighted by Crippen LogP contribution is 2.17. The van der Waals surface area contributed by atoms with Gasteiger partial charge in [0.1, 0.15) is 0 Å². The molecule has 0 spiro atoms. The number of aryl methyl sites for hydroxylation is 1. The average Bonchev–Trinajstić information content (AvgIpc) is 2.21. The summed E-state index contributed by atoms with van der Waals surface area (Å²) >= 11 is 0. The van der Waals surface area contributed by atoms with Crippen LogP contribution in [0.4, 0.5) is 11.4 Å². The van der Waals surface area contributed by atoms with Gasteiger partial charge in [-0.2, -0.15) is 0 Å². The van der Waals surface area contributed by atoms with E-state index in [-0.39, 0.29) is 12.5 Å². The predicted octanol–water partition coefficient (Wildman–Crippen LogP) is 0.828. The number of amides is 1. The zero-order valence-corrected chi connectivity index (χ0v) is 11.1. The van der Waals surface area contributed by atoms with E-state index in [1.807, 2.05) is 13.0 Å². The Morgan fingerprint density at radius 1 is 1.56 bits per heavy atom. The maximum Gasteiger partial charge on any atom is 0.238 e. The second kappa shape index (κ2) is 6.37. The number of nitrogen functional groups attached to an aromatic ring is 1. The fourth-order valence-corrected chi connectivity index (χ4v) is 1.72. The highest BCUT2D eigenvalue weighted by atomic mass is 16.3. The van der Waals surface area contributed by atoms with Gasteiger partial charge in [-0.3, -0.25) is 9.69 Å². The normalized spacial score (nSPS) is 12.5. The van der Waals surface area contributed by atoms with Gasteiger partial charge in [0.15, 0.2) is 0 Å².